The number of methoxy groups -OCH3 is 1. The van der Waals surface area contributed by atoms with Crippen LogP contribution in [0.5, 0.6) is 5.75 Å². The molecule has 1 aromatic carbocycles. The van der Waals surface area contributed by atoms with E-state index in [2.05, 4.69) is 17.2 Å². The summed E-state index contributed by atoms with van der Waals surface area (Å²) in [5, 5.41) is 4.10. The van der Waals surface area contributed by atoms with E-state index < -0.39 is 0 Å². The number of aryl methyl sites for hydroxylation is 1. The molecule has 2 aromatic rings. The zero-order valence-corrected chi connectivity index (χ0v) is 14.9. The minimum Gasteiger partial charge on any atom is -0.496 e. The van der Waals surface area contributed by atoms with Gasteiger partial charge in [0.05, 0.1) is 13.3 Å². The average molecular weight is 339 g/mol. The number of nitrogens with zero attached hydrogens (tertiary/aromatic N) is 3. The van der Waals surface area contributed by atoms with Gasteiger partial charge in [-0.25, -0.2) is 0 Å². The molecule has 0 atom stereocenters. The third-order valence-electron chi connectivity index (χ3n) is 4.77. The molecule has 0 unspecified atom stereocenters. The first-order valence-corrected chi connectivity index (χ1v) is 8.73. The van der Waals surface area contributed by atoms with E-state index in [1.54, 1.807) is 24.1 Å². The van der Waals surface area contributed by atoms with Crippen molar-refractivity contribution in [3.8, 4) is 5.75 Å². The molecule has 0 N–H and O–H groups in total. The molecule has 132 valence electrons. The Morgan fingerprint density at radius 1 is 1.32 bits per heavy atom. The molecule has 1 aliphatic rings. The SMILES string of the molecule is COc1ccccc1CC1CCN(C(=O)/C=C/c2cnn(C)c2)CC1. The lowest BCUT2D eigenvalue weighted by molar-refractivity contribution is -0.127. The Kier molecular flexibility index (Phi) is 5.53. The fourth-order valence-corrected chi connectivity index (χ4v) is 3.34. The van der Waals surface area contributed by atoms with Gasteiger partial charge in [-0.2, -0.15) is 5.10 Å². The number of carbonyl (C=O) groups is 1. The number of ether oxygens (including phenoxy) is 1. The molecular weight excluding hydrogens is 314 g/mol. The standard InChI is InChI=1S/C20H25N3O2/c1-22-15-17(14-21-22)7-8-20(24)23-11-9-16(10-12-23)13-18-5-3-4-6-19(18)25-2/h3-8,14-16H,9-13H2,1-2H3/b8-7+. The molecule has 1 fully saturated rings. The summed E-state index contributed by atoms with van der Waals surface area (Å²) >= 11 is 0. The van der Waals surface area contributed by atoms with Crippen LogP contribution < -0.4 is 4.74 Å². The maximum absolute atomic E-state index is 12.3. The van der Waals surface area contributed by atoms with Gasteiger partial charge in [-0.3, -0.25) is 9.48 Å². The fraction of sp³-hybridized carbons (Fsp3) is 0.400. The molecule has 5 heteroatoms. The maximum atomic E-state index is 12.3. The highest BCUT2D eigenvalue weighted by Crippen LogP contribution is 2.26. The van der Waals surface area contributed by atoms with Gasteiger partial charge in [0.2, 0.25) is 5.91 Å². The predicted octanol–water partition coefficient (Wildman–Crippen LogP) is 2.92. The summed E-state index contributed by atoms with van der Waals surface area (Å²) < 4.78 is 7.17. The van der Waals surface area contributed by atoms with E-state index in [-0.39, 0.29) is 5.91 Å². The van der Waals surface area contributed by atoms with Gasteiger partial charge >= 0.3 is 0 Å². The Morgan fingerprint density at radius 3 is 2.76 bits per heavy atom. The quantitative estimate of drug-likeness (QED) is 0.787. The van der Waals surface area contributed by atoms with Crippen LogP contribution in [0.3, 0.4) is 0 Å². The van der Waals surface area contributed by atoms with Crippen molar-refractivity contribution < 1.29 is 9.53 Å². The van der Waals surface area contributed by atoms with Crippen LogP contribution in [0.1, 0.15) is 24.0 Å². The highest BCUT2D eigenvalue weighted by molar-refractivity contribution is 5.91. The number of benzene rings is 1. The van der Waals surface area contributed by atoms with Gasteiger partial charge in [0.15, 0.2) is 0 Å². The van der Waals surface area contributed by atoms with Crippen LogP contribution in [-0.2, 0) is 18.3 Å². The van der Waals surface area contributed by atoms with Crippen molar-refractivity contribution in [2.45, 2.75) is 19.3 Å². The lowest BCUT2D eigenvalue weighted by atomic mass is 9.90. The first kappa shape index (κ1) is 17.3. The Morgan fingerprint density at radius 2 is 2.08 bits per heavy atom. The second-order valence-electron chi connectivity index (χ2n) is 6.57. The molecule has 3 rings (SSSR count). The molecule has 1 aliphatic heterocycles. The molecule has 0 saturated carbocycles. The number of hydrogen-bond donors (Lipinski definition) is 0. The molecule has 1 amide bonds. The monoisotopic (exact) mass is 339 g/mol. The lowest BCUT2D eigenvalue weighted by Gasteiger charge is -2.31. The van der Waals surface area contributed by atoms with Gasteiger partial charge in [0.1, 0.15) is 5.75 Å². The molecule has 5 nitrogen and oxygen atoms in total. The second-order valence-corrected chi connectivity index (χ2v) is 6.57. The number of likely N-dealkylation sites (tertiary alicyclic amines) is 1. The molecule has 25 heavy (non-hydrogen) atoms. The summed E-state index contributed by atoms with van der Waals surface area (Å²) in [6, 6.07) is 8.20. The fourth-order valence-electron chi connectivity index (χ4n) is 3.34. The van der Waals surface area contributed by atoms with Crippen molar-refractivity contribution in [1.82, 2.24) is 14.7 Å². The molecule has 0 spiro atoms. The van der Waals surface area contributed by atoms with Crippen LogP contribution in [0.2, 0.25) is 0 Å². The van der Waals surface area contributed by atoms with Gasteiger partial charge < -0.3 is 9.64 Å². The molecule has 1 aromatic heterocycles. The van der Waals surface area contributed by atoms with Crippen molar-refractivity contribution in [1.29, 1.82) is 0 Å². The maximum Gasteiger partial charge on any atom is 0.246 e. The summed E-state index contributed by atoms with van der Waals surface area (Å²) in [6.07, 6.45) is 10.2. The molecule has 1 saturated heterocycles. The van der Waals surface area contributed by atoms with E-state index in [1.165, 1.54) is 5.56 Å². The first-order chi connectivity index (χ1) is 12.2. The highest BCUT2D eigenvalue weighted by atomic mass is 16.5. The molecule has 2 heterocycles. The number of rotatable bonds is 5. The van der Waals surface area contributed by atoms with Gasteiger partial charge in [-0.15, -0.1) is 0 Å². The Balaban J connectivity index is 1.51. The van der Waals surface area contributed by atoms with Crippen LogP contribution >= 0.6 is 0 Å². The van der Waals surface area contributed by atoms with Crippen LogP contribution in [0.15, 0.2) is 42.7 Å². The van der Waals surface area contributed by atoms with Gasteiger partial charge in [0, 0.05) is 38.0 Å². The number of carbonyl (C=O) groups excluding carboxylic acids is 1. The van der Waals surface area contributed by atoms with E-state index in [0.717, 1.165) is 43.7 Å². The topological polar surface area (TPSA) is 47.4 Å². The summed E-state index contributed by atoms with van der Waals surface area (Å²) in [7, 11) is 3.58. The van der Waals surface area contributed by atoms with Crippen LogP contribution in [0.4, 0.5) is 0 Å². The smallest absolute Gasteiger partial charge is 0.246 e. The summed E-state index contributed by atoms with van der Waals surface area (Å²) in [5.74, 6) is 1.64. The molecular formula is C20H25N3O2. The summed E-state index contributed by atoms with van der Waals surface area (Å²) in [5.41, 5.74) is 2.20. The zero-order valence-electron chi connectivity index (χ0n) is 14.9. The zero-order chi connectivity index (χ0) is 17.6. The summed E-state index contributed by atoms with van der Waals surface area (Å²) in [4.78, 5) is 14.3. The van der Waals surface area contributed by atoms with Gasteiger partial charge in [0.25, 0.3) is 0 Å². The number of piperidine rings is 1. The van der Waals surface area contributed by atoms with E-state index in [9.17, 15) is 4.79 Å². The van der Waals surface area contributed by atoms with Crippen molar-refractivity contribution in [2.75, 3.05) is 20.2 Å². The summed E-state index contributed by atoms with van der Waals surface area (Å²) in [6.45, 7) is 1.63. The van der Waals surface area contributed by atoms with E-state index in [1.807, 2.05) is 36.4 Å². The number of para-hydroxylation sites is 1. The van der Waals surface area contributed by atoms with Crippen molar-refractivity contribution in [3.63, 3.8) is 0 Å². The highest BCUT2D eigenvalue weighted by Gasteiger charge is 2.22. The Labute approximate surface area is 148 Å². The lowest BCUT2D eigenvalue weighted by Crippen LogP contribution is -2.38. The number of aromatic nitrogens is 2. The second kappa shape index (κ2) is 8.01. The molecule has 0 bridgehead atoms. The van der Waals surface area contributed by atoms with Crippen molar-refractivity contribution in [2.24, 2.45) is 13.0 Å². The van der Waals surface area contributed by atoms with Crippen molar-refractivity contribution in [3.05, 3.63) is 53.9 Å². The number of amides is 1. The van der Waals surface area contributed by atoms with Gasteiger partial charge in [-0.1, -0.05) is 18.2 Å². The van der Waals surface area contributed by atoms with Crippen LogP contribution in [-0.4, -0.2) is 40.8 Å². The van der Waals surface area contributed by atoms with Gasteiger partial charge in [-0.05, 0) is 42.9 Å². The first-order valence-electron chi connectivity index (χ1n) is 8.73. The molecule has 0 aliphatic carbocycles. The Bertz CT molecular complexity index is 743. The third-order valence-corrected chi connectivity index (χ3v) is 4.77. The third kappa shape index (κ3) is 4.50. The normalized spacial score (nSPS) is 15.7. The minimum atomic E-state index is 0.0830. The van der Waals surface area contributed by atoms with Crippen molar-refractivity contribution >= 4 is 12.0 Å². The largest absolute Gasteiger partial charge is 0.496 e. The Hall–Kier alpha value is -2.56. The predicted molar refractivity (Wildman–Crippen MR) is 98.2 cm³/mol. The van der Waals surface area contributed by atoms with E-state index >= 15 is 0 Å². The van der Waals surface area contributed by atoms with Crippen LogP contribution in [0, 0.1) is 5.92 Å². The minimum absolute atomic E-state index is 0.0830. The van der Waals surface area contributed by atoms with E-state index in [4.69, 9.17) is 4.74 Å². The molecule has 0 radical (unpaired) electrons. The number of hydrogen-bond acceptors (Lipinski definition) is 3. The van der Waals surface area contributed by atoms with E-state index in [0.29, 0.717) is 5.92 Å². The van der Waals surface area contributed by atoms with Crippen LogP contribution in [0.25, 0.3) is 6.08 Å². The average Bonchev–Trinajstić information content (AvgIpc) is 3.06.